The molecule has 0 radical (unpaired) electrons. The van der Waals surface area contributed by atoms with Gasteiger partial charge in [0.15, 0.2) is 0 Å². The number of fused-ring (bicyclic) bond motifs is 1. The third kappa shape index (κ3) is 1.57. The van der Waals surface area contributed by atoms with Gasteiger partial charge < -0.3 is 10.5 Å². The van der Waals surface area contributed by atoms with Crippen molar-refractivity contribution in [2.45, 2.75) is 10.1 Å². The number of hydrogen-bond donors (Lipinski definition) is 2. The lowest BCUT2D eigenvalue weighted by Crippen LogP contribution is -2.30. The molecule has 0 saturated carbocycles. The van der Waals surface area contributed by atoms with E-state index in [1.165, 1.54) is 0 Å². The molecule has 0 unspecified atom stereocenters. The van der Waals surface area contributed by atoms with Crippen molar-refractivity contribution in [2.24, 2.45) is 0 Å². The van der Waals surface area contributed by atoms with Crippen LogP contribution < -0.4 is 5.73 Å². The van der Waals surface area contributed by atoms with Crippen LogP contribution in [0.3, 0.4) is 0 Å². The second kappa shape index (κ2) is 3.43. The highest BCUT2D eigenvalue weighted by molar-refractivity contribution is 8.00. The number of nitrogens with one attached hydrogen (secondary N) is 1. The Morgan fingerprint density at radius 2 is 2.33 bits per heavy atom. The Hall–Kier alpha value is -1.20. The first-order chi connectivity index (χ1) is 7.33. The number of aromatic amines is 1. The minimum Gasteiger partial charge on any atom is -0.398 e. The number of nitrogens with two attached hydrogens (primary N) is 1. The largest absolute Gasteiger partial charge is 0.398 e. The van der Waals surface area contributed by atoms with Crippen LogP contribution in [0.5, 0.6) is 0 Å². The topological polar surface area (TPSA) is 63.9 Å². The minimum absolute atomic E-state index is 0.549. The van der Waals surface area contributed by atoms with Crippen LogP contribution in [0.4, 0.5) is 5.69 Å². The molecule has 15 heavy (non-hydrogen) atoms. The molecule has 1 aliphatic heterocycles. The van der Waals surface area contributed by atoms with Crippen molar-refractivity contribution in [2.75, 3.05) is 18.9 Å². The van der Waals surface area contributed by atoms with E-state index in [9.17, 15) is 0 Å². The van der Waals surface area contributed by atoms with E-state index in [4.69, 9.17) is 10.5 Å². The molecule has 3 N–H and O–H groups in total. The van der Waals surface area contributed by atoms with Gasteiger partial charge in [-0.1, -0.05) is 0 Å². The average Bonchev–Trinajstić information content (AvgIpc) is 2.58. The van der Waals surface area contributed by atoms with Crippen molar-refractivity contribution in [3.63, 3.8) is 0 Å². The maximum absolute atomic E-state index is 5.97. The summed E-state index contributed by atoms with van der Waals surface area (Å²) >= 11 is 1.78. The van der Waals surface area contributed by atoms with Gasteiger partial charge in [0.25, 0.3) is 0 Å². The molecule has 1 aromatic heterocycles. The summed E-state index contributed by atoms with van der Waals surface area (Å²) < 4.78 is 5.14. The molecule has 0 bridgehead atoms. The highest BCUT2D eigenvalue weighted by Gasteiger charge is 2.20. The first-order valence-corrected chi connectivity index (χ1v) is 5.68. The van der Waals surface area contributed by atoms with Gasteiger partial charge in [0.2, 0.25) is 0 Å². The Bertz CT molecular complexity index is 492. The van der Waals surface area contributed by atoms with E-state index < -0.39 is 0 Å². The Kier molecular flexibility index (Phi) is 2.07. The predicted molar refractivity (Wildman–Crippen MR) is 61.0 cm³/mol. The van der Waals surface area contributed by atoms with E-state index in [1.807, 2.05) is 6.07 Å². The molecule has 1 fully saturated rings. The molecule has 5 heteroatoms. The van der Waals surface area contributed by atoms with E-state index in [1.54, 1.807) is 18.0 Å². The molecule has 1 saturated heterocycles. The summed E-state index contributed by atoms with van der Waals surface area (Å²) in [6.45, 7) is 1.65. The fourth-order valence-corrected chi connectivity index (χ4v) is 2.62. The smallest absolute Gasteiger partial charge is 0.0662 e. The molecule has 0 amide bonds. The molecule has 2 aromatic rings. The summed E-state index contributed by atoms with van der Waals surface area (Å²) in [5.41, 5.74) is 7.82. The number of aromatic nitrogens is 2. The zero-order valence-electron chi connectivity index (χ0n) is 8.06. The van der Waals surface area contributed by atoms with E-state index in [0.29, 0.717) is 5.25 Å². The lowest BCUT2D eigenvalue weighted by Gasteiger charge is -2.25. The zero-order chi connectivity index (χ0) is 10.3. The van der Waals surface area contributed by atoms with E-state index >= 15 is 0 Å². The molecular weight excluding hydrogens is 210 g/mol. The lowest BCUT2D eigenvalue weighted by atomic mass is 10.2. The average molecular weight is 221 g/mol. The molecule has 4 nitrogen and oxygen atoms in total. The van der Waals surface area contributed by atoms with Crippen molar-refractivity contribution >= 4 is 28.4 Å². The normalized spacial score (nSPS) is 16.8. The SMILES string of the molecule is Nc1cc2cn[nH]c2cc1SC1COC1. The maximum atomic E-state index is 5.97. The molecule has 0 aliphatic carbocycles. The van der Waals surface area contributed by atoms with Gasteiger partial charge in [0.05, 0.1) is 30.2 Å². The first kappa shape index (κ1) is 9.06. The second-order valence-corrected chi connectivity index (χ2v) is 4.97. The molecular formula is C10H11N3OS. The summed E-state index contributed by atoms with van der Waals surface area (Å²) in [5.74, 6) is 0. The van der Waals surface area contributed by atoms with Crippen LogP contribution in [0, 0.1) is 0 Å². The van der Waals surface area contributed by atoms with Gasteiger partial charge in [0, 0.05) is 16.0 Å². The fourth-order valence-electron chi connectivity index (χ4n) is 1.55. The Morgan fingerprint density at radius 1 is 1.47 bits per heavy atom. The van der Waals surface area contributed by atoms with Crippen molar-refractivity contribution in [3.05, 3.63) is 18.3 Å². The summed E-state index contributed by atoms with van der Waals surface area (Å²) in [7, 11) is 0. The van der Waals surface area contributed by atoms with Crippen molar-refractivity contribution in [3.8, 4) is 0 Å². The number of hydrogen-bond acceptors (Lipinski definition) is 4. The molecule has 78 valence electrons. The van der Waals surface area contributed by atoms with Crippen LogP contribution in [0.1, 0.15) is 0 Å². The zero-order valence-corrected chi connectivity index (χ0v) is 8.88. The summed E-state index contributed by atoms with van der Waals surface area (Å²) in [4.78, 5) is 1.11. The minimum atomic E-state index is 0.549. The number of rotatable bonds is 2. The highest BCUT2D eigenvalue weighted by atomic mass is 32.2. The van der Waals surface area contributed by atoms with Crippen LogP contribution in [0.25, 0.3) is 10.9 Å². The van der Waals surface area contributed by atoms with Gasteiger partial charge in [-0.2, -0.15) is 5.10 Å². The third-order valence-corrected chi connectivity index (χ3v) is 3.68. The van der Waals surface area contributed by atoms with Crippen LogP contribution in [-0.2, 0) is 4.74 Å². The second-order valence-electron chi connectivity index (χ2n) is 3.62. The van der Waals surface area contributed by atoms with Gasteiger partial charge >= 0.3 is 0 Å². The van der Waals surface area contributed by atoms with E-state index in [-0.39, 0.29) is 0 Å². The van der Waals surface area contributed by atoms with Crippen LogP contribution >= 0.6 is 11.8 Å². The van der Waals surface area contributed by atoms with E-state index in [0.717, 1.165) is 34.7 Å². The van der Waals surface area contributed by atoms with Crippen LogP contribution in [-0.4, -0.2) is 28.7 Å². The van der Waals surface area contributed by atoms with Gasteiger partial charge in [-0.25, -0.2) is 0 Å². The number of anilines is 1. The van der Waals surface area contributed by atoms with Gasteiger partial charge in [-0.05, 0) is 12.1 Å². The predicted octanol–water partition coefficient (Wildman–Crippen LogP) is 1.64. The summed E-state index contributed by atoms with van der Waals surface area (Å²) in [6.07, 6.45) is 1.78. The highest BCUT2D eigenvalue weighted by Crippen LogP contribution is 2.34. The monoisotopic (exact) mass is 221 g/mol. The summed E-state index contributed by atoms with van der Waals surface area (Å²) in [5, 5.41) is 8.53. The number of thioether (sulfide) groups is 1. The molecule has 1 aliphatic rings. The Labute approximate surface area is 91.2 Å². The Balaban J connectivity index is 1.97. The van der Waals surface area contributed by atoms with Gasteiger partial charge in [-0.15, -0.1) is 11.8 Å². The molecule has 3 rings (SSSR count). The number of benzene rings is 1. The van der Waals surface area contributed by atoms with E-state index in [2.05, 4.69) is 16.3 Å². The Morgan fingerprint density at radius 3 is 3.07 bits per heavy atom. The molecule has 2 heterocycles. The fraction of sp³-hybridized carbons (Fsp3) is 0.300. The van der Waals surface area contributed by atoms with Crippen LogP contribution in [0.15, 0.2) is 23.2 Å². The summed E-state index contributed by atoms with van der Waals surface area (Å²) in [6, 6.07) is 4.02. The van der Waals surface area contributed by atoms with Crippen molar-refractivity contribution < 1.29 is 4.74 Å². The van der Waals surface area contributed by atoms with Crippen molar-refractivity contribution in [1.29, 1.82) is 0 Å². The number of ether oxygens (including phenoxy) is 1. The number of nitrogen functional groups attached to an aromatic ring is 1. The van der Waals surface area contributed by atoms with Crippen LogP contribution in [0.2, 0.25) is 0 Å². The molecule has 1 aromatic carbocycles. The third-order valence-electron chi connectivity index (χ3n) is 2.47. The van der Waals surface area contributed by atoms with Gasteiger partial charge in [0.1, 0.15) is 0 Å². The van der Waals surface area contributed by atoms with Crippen molar-refractivity contribution in [1.82, 2.24) is 10.2 Å². The quantitative estimate of drug-likeness (QED) is 0.757. The lowest BCUT2D eigenvalue weighted by molar-refractivity contribution is 0.0455. The number of H-pyrrole nitrogens is 1. The number of nitrogens with zero attached hydrogens (tertiary/aromatic N) is 1. The molecule has 0 atom stereocenters. The van der Waals surface area contributed by atoms with Gasteiger partial charge in [-0.3, -0.25) is 5.10 Å². The molecule has 0 spiro atoms. The standard InChI is InChI=1S/C10H11N3OS/c11-8-1-6-3-12-13-9(6)2-10(8)15-7-4-14-5-7/h1-3,7H,4-5,11H2,(H,12,13). The maximum Gasteiger partial charge on any atom is 0.0662 e. The first-order valence-electron chi connectivity index (χ1n) is 4.80.